The lowest BCUT2D eigenvalue weighted by Gasteiger charge is -2.20. The molecule has 15 nitrogen and oxygen atoms in total. The van der Waals surface area contributed by atoms with E-state index in [4.69, 9.17) is 59.8 Å². The molecule has 6 heterocycles. The molecular weight excluding hydrogens is 1410 g/mol. The third-order valence-corrected chi connectivity index (χ3v) is 20.3. The molecule has 534 valence electrons. The monoisotopic (exact) mass is 1470 g/mol. The highest BCUT2D eigenvalue weighted by molar-refractivity contribution is 6.14. The van der Waals surface area contributed by atoms with E-state index in [-0.39, 0.29) is 22.4 Å². The minimum absolute atomic E-state index is 0.0824. The molecule has 0 fully saturated rings. The molecule has 0 saturated heterocycles. The Morgan fingerprint density at radius 2 is 0.439 bits per heavy atom. The van der Waals surface area contributed by atoms with E-state index in [0.717, 1.165) is 55.3 Å². The van der Waals surface area contributed by atoms with Crippen LogP contribution >= 0.6 is 0 Å². The van der Waals surface area contributed by atoms with E-state index in [0.29, 0.717) is 131 Å². The molecule has 0 aliphatic heterocycles. The fourth-order valence-corrected chi connectivity index (χ4v) is 14.9. The lowest BCUT2D eigenvalue weighted by atomic mass is 9.97. The summed E-state index contributed by atoms with van der Waals surface area (Å²) in [5.74, 6) is 3.74. The number of rotatable bonds is 15. The predicted molar refractivity (Wildman–Crippen MR) is 444 cm³/mol. The topological polar surface area (TPSA) is 188 Å². The Morgan fingerprint density at radius 1 is 0.219 bits per heavy atom. The number of halogens is 2. The van der Waals surface area contributed by atoms with E-state index in [1.54, 1.807) is 12.1 Å². The molecule has 0 N–H and O–H groups in total. The van der Waals surface area contributed by atoms with Crippen LogP contribution in [0, 0.1) is 23.0 Å². The van der Waals surface area contributed by atoms with Crippen molar-refractivity contribution in [2.75, 3.05) is 0 Å². The molecule has 0 spiro atoms. The summed E-state index contributed by atoms with van der Waals surface area (Å²) in [6, 6.07) is 112. The van der Waals surface area contributed by atoms with E-state index in [2.05, 4.69) is 18.2 Å². The van der Waals surface area contributed by atoms with Gasteiger partial charge in [0.2, 0.25) is 0 Å². The quantitative estimate of drug-likeness (QED) is 0.0944. The second kappa shape index (κ2) is 28.6. The van der Waals surface area contributed by atoms with Crippen molar-refractivity contribution >= 4 is 43.6 Å². The second-order valence-electron chi connectivity index (χ2n) is 27.3. The first-order chi connectivity index (χ1) is 56.3. The summed E-state index contributed by atoms with van der Waals surface area (Å²) in [6.07, 6.45) is 0. The third-order valence-electron chi connectivity index (χ3n) is 20.3. The molecule has 0 amide bonds. The third kappa shape index (κ3) is 12.4. The summed E-state index contributed by atoms with van der Waals surface area (Å²) in [5.41, 5.74) is 11.9. The van der Waals surface area contributed by atoms with Crippen molar-refractivity contribution in [3.8, 4) is 165 Å². The lowest BCUT2D eigenvalue weighted by Crippen LogP contribution is -2.07. The first-order valence-corrected chi connectivity index (χ1v) is 37.0. The van der Waals surface area contributed by atoms with Crippen LogP contribution in [0.4, 0.5) is 8.78 Å². The molecule has 0 unspecified atom stereocenters. The average molecular weight is 1470 g/mol. The van der Waals surface area contributed by atoms with Crippen LogP contribution in [0.2, 0.25) is 0 Å². The number of nitrogens with zero attached hydrogens (tertiary/aromatic N) is 15. The molecule has 20 aromatic rings. The van der Waals surface area contributed by atoms with E-state index in [1.807, 2.05) is 312 Å². The Morgan fingerprint density at radius 3 is 0.667 bits per heavy atom. The van der Waals surface area contributed by atoms with Crippen molar-refractivity contribution in [3.05, 3.63) is 363 Å². The van der Waals surface area contributed by atoms with Crippen molar-refractivity contribution in [2.45, 2.75) is 0 Å². The molecule has 114 heavy (non-hydrogen) atoms. The van der Waals surface area contributed by atoms with Crippen LogP contribution in [-0.2, 0) is 0 Å². The van der Waals surface area contributed by atoms with Crippen LogP contribution < -0.4 is 0 Å². The molecular formula is C97H57F2N15. The summed E-state index contributed by atoms with van der Waals surface area (Å²) in [6.45, 7) is 0. The van der Waals surface area contributed by atoms with Gasteiger partial charge in [0.1, 0.15) is 23.3 Å². The zero-order valence-electron chi connectivity index (χ0n) is 60.4. The number of hydrogen-bond acceptors (Lipinski definition) is 13. The van der Waals surface area contributed by atoms with Gasteiger partial charge in [-0.15, -0.1) is 0 Å². The molecule has 0 aliphatic carbocycles. The van der Waals surface area contributed by atoms with Crippen LogP contribution in [0.25, 0.3) is 203 Å². The summed E-state index contributed by atoms with van der Waals surface area (Å²) in [5, 5.41) is 15.4. The molecule has 20 rings (SSSR count). The maximum absolute atomic E-state index is 17.4. The van der Waals surface area contributed by atoms with E-state index in [1.165, 1.54) is 18.2 Å². The summed E-state index contributed by atoms with van der Waals surface area (Å²) in [4.78, 5) is 61.7. The Labute approximate surface area is 651 Å². The molecule has 0 atom stereocenters. The van der Waals surface area contributed by atoms with Crippen molar-refractivity contribution in [1.82, 2.24) is 68.9 Å². The fourth-order valence-electron chi connectivity index (χ4n) is 14.9. The van der Waals surface area contributed by atoms with E-state index in [9.17, 15) is 5.26 Å². The molecule has 0 radical (unpaired) electrons. The Hall–Kier alpha value is -15.9. The highest BCUT2D eigenvalue weighted by Crippen LogP contribution is 2.46. The first kappa shape index (κ1) is 67.4. The Bertz CT molecular complexity index is 6560. The molecule has 0 bridgehead atoms. The van der Waals surface area contributed by atoms with Gasteiger partial charge < -0.3 is 9.13 Å². The van der Waals surface area contributed by atoms with E-state index >= 15 is 8.78 Å². The van der Waals surface area contributed by atoms with Crippen molar-refractivity contribution < 1.29 is 8.78 Å². The van der Waals surface area contributed by atoms with Crippen LogP contribution in [0.3, 0.4) is 0 Å². The summed E-state index contributed by atoms with van der Waals surface area (Å²) >= 11 is 0. The van der Waals surface area contributed by atoms with Crippen molar-refractivity contribution in [2.24, 2.45) is 0 Å². The molecule has 0 saturated carbocycles. The number of fused-ring (bicyclic) bond motifs is 6. The number of benzene rings is 14. The van der Waals surface area contributed by atoms with E-state index < -0.39 is 11.6 Å². The van der Waals surface area contributed by atoms with Crippen molar-refractivity contribution in [1.29, 1.82) is 5.26 Å². The van der Waals surface area contributed by atoms with Gasteiger partial charge in [0.15, 0.2) is 69.9 Å². The Kier molecular flexibility index (Phi) is 16.9. The predicted octanol–water partition coefficient (Wildman–Crippen LogP) is 22.4. The smallest absolute Gasteiger partial charge is 0.164 e. The van der Waals surface area contributed by atoms with Gasteiger partial charge in [-0.2, -0.15) is 5.26 Å². The average Bonchev–Trinajstić information content (AvgIpc) is 1.55. The zero-order chi connectivity index (χ0) is 76.2. The lowest BCUT2D eigenvalue weighted by molar-refractivity contribution is 0.589. The molecule has 0 aliphatic rings. The first-order valence-electron chi connectivity index (χ1n) is 37.0. The number of nitriles is 1. The summed E-state index contributed by atoms with van der Waals surface area (Å²) in [7, 11) is 0. The standard InChI is InChI=1S/C97H57F2N15/c98-77-42-25-43-78(99)84(77)71-48-53-83(113-79-49-44-67(94-105-86(59-26-9-1-10-27-59)101-87(106-94)60-28-11-2-12-29-60)54-72(79)73-55-68(45-50-80(73)113)95-107-88(61-30-13-3-14-31-61)102-89(108-95)62-32-15-4-16-33-62)76(58-100)85(71)114-81-51-46-69(96-109-90(63-34-17-5-18-35-63)103-91(110-96)64-36-19-6-20-37-64)56-74(81)75-57-70(47-52-82(75)114)97-111-92(65-38-21-7-22-39-65)104-93(112-97)66-40-23-8-24-41-66/h1-57H. The van der Waals surface area contributed by atoms with Gasteiger partial charge in [0.25, 0.3) is 0 Å². The molecule has 6 aromatic heterocycles. The van der Waals surface area contributed by atoms with Gasteiger partial charge in [0.05, 0.1) is 39.0 Å². The highest BCUT2D eigenvalue weighted by atomic mass is 19.1. The van der Waals surface area contributed by atoms with Gasteiger partial charge >= 0.3 is 0 Å². The second-order valence-corrected chi connectivity index (χ2v) is 27.3. The Balaban J connectivity index is 0.860. The maximum Gasteiger partial charge on any atom is 0.164 e. The van der Waals surface area contributed by atoms with Crippen molar-refractivity contribution in [3.63, 3.8) is 0 Å². The minimum Gasteiger partial charge on any atom is -0.308 e. The largest absolute Gasteiger partial charge is 0.308 e. The van der Waals surface area contributed by atoms with Gasteiger partial charge in [-0.05, 0) is 97.1 Å². The molecule has 17 heteroatoms. The summed E-state index contributed by atoms with van der Waals surface area (Å²) < 4.78 is 38.7. The van der Waals surface area contributed by atoms with Crippen LogP contribution in [0.15, 0.2) is 346 Å². The normalized spacial score (nSPS) is 11.4. The number of aromatic nitrogens is 14. The minimum atomic E-state index is -0.833. The highest BCUT2D eigenvalue weighted by Gasteiger charge is 2.29. The maximum atomic E-state index is 17.4. The number of hydrogen-bond donors (Lipinski definition) is 0. The van der Waals surface area contributed by atoms with Crippen LogP contribution in [-0.4, -0.2) is 68.9 Å². The zero-order valence-corrected chi connectivity index (χ0v) is 60.4. The van der Waals surface area contributed by atoms with Gasteiger partial charge in [0, 0.05) is 93.9 Å². The fraction of sp³-hybridized carbons (Fsp3) is 0. The SMILES string of the molecule is N#Cc1c(-n2c3ccc(-c4nc(-c5ccccc5)nc(-c5ccccc5)n4)cc3c3cc(-c4nc(-c5ccccc5)nc(-c5ccccc5)n4)ccc32)ccc(-c2c(F)cccc2F)c1-n1c2ccc(-c3nc(-c4ccccc4)nc(-c4ccccc4)n3)cc2c2cc(-c3nc(-c4ccccc4)nc(-c4ccccc4)n3)ccc21. The van der Waals surface area contributed by atoms with Crippen LogP contribution in [0.5, 0.6) is 0 Å². The van der Waals surface area contributed by atoms with Gasteiger partial charge in [-0.3, -0.25) is 0 Å². The van der Waals surface area contributed by atoms with Gasteiger partial charge in [-0.25, -0.2) is 68.6 Å². The van der Waals surface area contributed by atoms with Gasteiger partial charge in [-0.1, -0.05) is 249 Å². The molecule has 14 aromatic carbocycles. The van der Waals surface area contributed by atoms with Crippen LogP contribution in [0.1, 0.15) is 5.56 Å².